The molecule has 2 aliphatic heterocycles. The van der Waals surface area contributed by atoms with Crippen molar-refractivity contribution in [1.82, 2.24) is 15.2 Å². The second kappa shape index (κ2) is 4.97. The van der Waals surface area contributed by atoms with Gasteiger partial charge in [0.25, 0.3) is 0 Å². The van der Waals surface area contributed by atoms with Crippen molar-refractivity contribution < 1.29 is 11.0 Å². The van der Waals surface area contributed by atoms with Gasteiger partial charge in [-0.1, -0.05) is 13.5 Å². The summed E-state index contributed by atoms with van der Waals surface area (Å²) in [5.74, 6) is 0. The predicted molar refractivity (Wildman–Crippen MR) is 71.5 cm³/mol. The maximum absolute atomic E-state index is 11.3. The van der Waals surface area contributed by atoms with E-state index in [0.29, 0.717) is 13.2 Å². The highest BCUT2D eigenvalue weighted by Crippen LogP contribution is 2.23. The summed E-state index contributed by atoms with van der Waals surface area (Å²) in [6.07, 6.45) is 1.39. The largest absolute Gasteiger partial charge is 0.447 e. The van der Waals surface area contributed by atoms with E-state index in [1.165, 1.54) is 0 Å². The highest BCUT2D eigenvalue weighted by molar-refractivity contribution is 5.71. The van der Waals surface area contributed by atoms with Gasteiger partial charge in [-0.15, -0.1) is 0 Å². The molecule has 0 aliphatic carbocycles. The predicted octanol–water partition coefficient (Wildman–Crippen LogP) is 0.868. The Morgan fingerprint density at radius 1 is 1.67 bits per heavy atom. The summed E-state index contributed by atoms with van der Waals surface area (Å²) in [5, 5.41) is 9.09. The summed E-state index contributed by atoms with van der Waals surface area (Å²) in [5.41, 5.74) is 0.548. The quantitative estimate of drug-likeness (QED) is 0.743. The molecule has 18 heavy (non-hydrogen) atoms. The molecule has 0 saturated carbocycles. The van der Waals surface area contributed by atoms with Gasteiger partial charge in [-0.2, -0.15) is 5.10 Å². The molecule has 0 aromatic rings. The van der Waals surface area contributed by atoms with Crippen LogP contribution in [0.25, 0.3) is 0 Å². The van der Waals surface area contributed by atoms with Crippen molar-refractivity contribution in [3.63, 3.8) is 0 Å². The summed E-state index contributed by atoms with van der Waals surface area (Å²) in [7, 11) is 0. The summed E-state index contributed by atoms with van der Waals surface area (Å²) >= 11 is 0. The Kier molecular flexibility index (Phi) is 3.56. The average molecular weight is 254 g/mol. The molecular weight excluding hydrogens is 232 g/mol. The fourth-order valence-electron chi connectivity index (χ4n) is 2.42. The van der Waals surface area contributed by atoms with E-state index < -0.39 is 0 Å². The molecule has 0 aromatic heterocycles. The number of amides is 1. The molecule has 1 atom stereocenters. The van der Waals surface area contributed by atoms with Crippen LogP contribution in [0.2, 0.25) is 0 Å². The highest BCUT2D eigenvalue weighted by Gasteiger charge is 2.44. The topological polar surface area (TPSA) is 57.2 Å². The second-order valence-electron chi connectivity index (χ2n) is 4.78. The third-order valence-corrected chi connectivity index (χ3v) is 3.30. The van der Waals surface area contributed by atoms with Gasteiger partial charge < -0.3 is 10.1 Å². The number of hydrogen-bond donors (Lipinski definition) is 1. The molecule has 2 fully saturated rings. The lowest BCUT2D eigenvalue weighted by atomic mass is 10.0. The van der Waals surface area contributed by atoms with Gasteiger partial charge >= 0.3 is 6.09 Å². The number of ether oxygens (including phenoxy) is 1. The number of hydrogen-bond acceptors (Lipinski definition) is 5. The minimum absolute atomic E-state index is 0. The first-order chi connectivity index (χ1) is 8.58. The van der Waals surface area contributed by atoms with E-state index in [9.17, 15) is 4.79 Å². The first kappa shape index (κ1) is 12.9. The minimum atomic E-state index is -0.390. The van der Waals surface area contributed by atoms with Crippen molar-refractivity contribution in [2.75, 3.05) is 32.8 Å². The lowest BCUT2D eigenvalue weighted by molar-refractivity contribution is 0.158. The molecular formula is C12H22N4O2. The molecule has 2 heterocycles. The number of carbonyl (C=O) groups is 1. The molecule has 102 valence electrons. The van der Waals surface area contributed by atoms with Crippen LogP contribution in [0.15, 0.2) is 17.4 Å². The summed E-state index contributed by atoms with van der Waals surface area (Å²) < 4.78 is 5.07. The Hall–Kier alpha value is -1.56. The SMILES string of the molecule is C=C1CN(CC)CC2(COC(=O)N2)CN1/N=C\C.[HH]. The number of likely N-dealkylation sites (N-methyl/N-ethyl adjacent to an activating group) is 1. The number of alkyl carbamates (subject to hydrolysis) is 1. The van der Waals surface area contributed by atoms with E-state index in [1.807, 2.05) is 11.9 Å². The van der Waals surface area contributed by atoms with Crippen molar-refractivity contribution in [2.24, 2.45) is 5.10 Å². The van der Waals surface area contributed by atoms with Crippen LogP contribution in [0.1, 0.15) is 15.3 Å². The van der Waals surface area contributed by atoms with Crippen LogP contribution >= 0.6 is 0 Å². The van der Waals surface area contributed by atoms with Gasteiger partial charge in [0.05, 0.1) is 6.54 Å². The van der Waals surface area contributed by atoms with E-state index in [-0.39, 0.29) is 13.1 Å². The zero-order valence-electron chi connectivity index (χ0n) is 11.0. The number of rotatable bonds is 2. The molecule has 2 saturated heterocycles. The summed E-state index contributed by atoms with van der Waals surface area (Å²) in [6.45, 7) is 11.4. The fraction of sp³-hybridized carbons (Fsp3) is 0.667. The van der Waals surface area contributed by atoms with Gasteiger partial charge in [0, 0.05) is 26.4 Å². The van der Waals surface area contributed by atoms with Crippen LogP contribution in [0.5, 0.6) is 0 Å². The van der Waals surface area contributed by atoms with E-state index in [2.05, 4.69) is 28.8 Å². The first-order valence-electron chi connectivity index (χ1n) is 6.20. The number of nitrogens with zero attached hydrogens (tertiary/aromatic N) is 3. The molecule has 2 rings (SSSR count). The molecule has 2 aliphatic rings. The Morgan fingerprint density at radius 2 is 2.44 bits per heavy atom. The highest BCUT2D eigenvalue weighted by atomic mass is 16.6. The molecule has 0 bridgehead atoms. The van der Waals surface area contributed by atoms with Crippen LogP contribution in [0.3, 0.4) is 0 Å². The van der Waals surface area contributed by atoms with E-state index >= 15 is 0 Å². The van der Waals surface area contributed by atoms with Crippen molar-refractivity contribution in [2.45, 2.75) is 19.4 Å². The van der Waals surface area contributed by atoms with Crippen LogP contribution in [0, 0.1) is 0 Å². The third-order valence-electron chi connectivity index (χ3n) is 3.30. The lowest BCUT2D eigenvalue weighted by Gasteiger charge is -2.30. The molecule has 0 radical (unpaired) electrons. The van der Waals surface area contributed by atoms with Crippen molar-refractivity contribution in [3.8, 4) is 0 Å². The normalized spacial score (nSPS) is 29.8. The zero-order chi connectivity index (χ0) is 13.2. The Morgan fingerprint density at radius 3 is 3.00 bits per heavy atom. The first-order valence-corrected chi connectivity index (χ1v) is 6.20. The number of carbonyl (C=O) groups excluding carboxylic acids is 1. The number of nitrogens with one attached hydrogen (secondary N) is 1. The van der Waals surface area contributed by atoms with Crippen molar-refractivity contribution >= 4 is 12.3 Å². The van der Waals surface area contributed by atoms with Gasteiger partial charge in [-0.3, -0.25) is 9.91 Å². The zero-order valence-corrected chi connectivity index (χ0v) is 11.0. The maximum atomic E-state index is 11.3. The fourth-order valence-corrected chi connectivity index (χ4v) is 2.42. The molecule has 0 aromatic carbocycles. The molecule has 1 amide bonds. The Balaban J connectivity index is 0.00000180. The van der Waals surface area contributed by atoms with E-state index in [1.54, 1.807) is 6.21 Å². The third kappa shape index (κ3) is 2.48. The Labute approximate surface area is 109 Å². The molecule has 6 nitrogen and oxygen atoms in total. The van der Waals surface area contributed by atoms with E-state index in [0.717, 1.165) is 25.3 Å². The molecule has 1 spiro atoms. The van der Waals surface area contributed by atoms with Gasteiger partial charge in [0.2, 0.25) is 0 Å². The molecule has 1 unspecified atom stereocenters. The minimum Gasteiger partial charge on any atom is -0.447 e. The molecule has 1 N–H and O–H groups in total. The maximum Gasteiger partial charge on any atom is 0.407 e. The molecule has 6 heteroatoms. The van der Waals surface area contributed by atoms with Crippen LogP contribution in [-0.4, -0.2) is 60.5 Å². The second-order valence-corrected chi connectivity index (χ2v) is 4.78. The summed E-state index contributed by atoms with van der Waals surface area (Å²) in [6, 6.07) is 0. The van der Waals surface area contributed by atoms with Crippen LogP contribution < -0.4 is 5.32 Å². The van der Waals surface area contributed by atoms with Gasteiger partial charge in [-0.05, 0) is 13.5 Å². The number of cyclic esters (lactones) is 1. The van der Waals surface area contributed by atoms with Crippen LogP contribution in [0.4, 0.5) is 4.79 Å². The number of hydrazone groups is 1. The van der Waals surface area contributed by atoms with Gasteiger partial charge in [0.15, 0.2) is 0 Å². The lowest BCUT2D eigenvalue weighted by Crippen LogP contribution is -2.55. The van der Waals surface area contributed by atoms with E-state index in [4.69, 9.17) is 4.74 Å². The van der Waals surface area contributed by atoms with Crippen LogP contribution in [-0.2, 0) is 4.74 Å². The van der Waals surface area contributed by atoms with Gasteiger partial charge in [-0.25, -0.2) is 4.79 Å². The monoisotopic (exact) mass is 254 g/mol. The average Bonchev–Trinajstić information content (AvgIpc) is 2.62. The van der Waals surface area contributed by atoms with Crippen molar-refractivity contribution in [1.29, 1.82) is 0 Å². The smallest absolute Gasteiger partial charge is 0.407 e. The van der Waals surface area contributed by atoms with Crippen molar-refractivity contribution in [3.05, 3.63) is 12.3 Å². The van der Waals surface area contributed by atoms with Gasteiger partial charge in [0.1, 0.15) is 12.1 Å². The Bertz CT molecular complexity index is 388. The summed E-state index contributed by atoms with van der Waals surface area (Å²) in [4.78, 5) is 13.6. The standard InChI is InChI=1S/C12H20N4O2.H2/c1-4-13-16-8-12(9-18-11(17)14-12)7-15(5-2)6-10(16)3;/h4H,3,5-9H2,1-2H3,(H,14,17);1H/b13-4-;.